The standard InChI is InChI=1S/C8H14N2O4/c1-10-8-6(12)3-13-7(8,4-9)5(11)2-14-8/h4-6,9-12H,2-3H2,1H3. The molecule has 0 spiro atoms. The molecular weight excluding hydrogens is 188 g/mol. The van der Waals surface area contributed by atoms with E-state index < -0.39 is 23.5 Å². The van der Waals surface area contributed by atoms with Crippen molar-refractivity contribution in [1.29, 1.82) is 5.41 Å². The first-order chi connectivity index (χ1) is 6.63. The minimum Gasteiger partial charge on any atom is -0.387 e. The van der Waals surface area contributed by atoms with Gasteiger partial charge in [0.15, 0.2) is 11.3 Å². The van der Waals surface area contributed by atoms with Crippen molar-refractivity contribution in [1.82, 2.24) is 5.32 Å². The topological polar surface area (TPSA) is 94.8 Å². The van der Waals surface area contributed by atoms with Gasteiger partial charge in [-0.05, 0) is 7.05 Å². The van der Waals surface area contributed by atoms with Crippen LogP contribution in [0.1, 0.15) is 0 Å². The van der Waals surface area contributed by atoms with Crippen LogP contribution in [0.3, 0.4) is 0 Å². The first kappa shape index (κ1) is 10.0. The molecule has 2 rings (SSSR count). The molecule has 0 amide bonds. The predicted octanol–water partition coefficient (Wildman–Crippen LogP) is -1.93. The van der Waals surface area contributed by atoms with Crippen LogP contribution < -0.4 is 5.32 Å². The smallest absolute Gasteiger partial charge is 0.184 e. The quantitative estimate of drug-likeness (QED) is 0.391. The zero-order chi connectivity index (χ0) is 10.4. The fourth-order valence-electron chi connectivity index (χ4n) is 2.27. The van der Waals surface area contributed by atoms with E-state index in [9.17, 15) is 10.2 Å². The van der Waals surface area contributed by atoms with Crippen LogP contribution in [0, 0.1) is 5.41 Å². The summed E-state index contributed by atoms with van der Waals surface area (Å²) in [7, 11) is 1.61. The van der Waals surface area contributed by atoms with E-state index in [1.165, 1.54) is 0 Å². The molecule has 0 aromatic carbocycles. The maximum Gasteiger partial charge on any atom is 0.184 e. The molecule has 4 unspecified atom stereocenters. The molecule has 0 aromatic rings. The molecule has 2 saturated heterocycles. The van der Waals surface area contributed by atoms with E-state index in [1.54, 1.807) is 7.05 Å². The summed E-state index contributed by atoms with van der Waals surface area (Å²) in [4.78, 5) is 0. The van der Waals surface area contributed by atoms with Gasteiger partial charge in [-0.15, -0.1) is 0 Å². The van der Waals surface area contributed by atoms with E-state index in [0.29, 0.717) is 0 Å². The normalized spacial score (nSPS) is 51.9. The Morgan fingerprint density at radius 2 is 2.00 bits per heavy atom. The molecule has 4 atom stereocenters. The molecule has 0 aliphatic carbocycles. The highest BCUT2D eigenvalue weighted by atomic mass is 16.6. The van der Waals surface area contributed by atoms with Crippen molar-refractivity contribution in [3.63, 3.8) is 0 Å². The Labute approximate surface area is 81.3 Å². The van der Waals surface area contributed by atoms with E-state index in [2.05, 4.69) is 5.32 Å². The number of hydrogen-bond acceptors (Lipinski definition) is 6. The third-order valence-electron chi connectivity index (χ3n) is 3.08. The van der Waals surface area contributed by atoms with Gasteiger partial charge >= 0.3 is 0 Å². The number of fused-ring (bicyclic) bond motifs is 1. The number of ether oxygens (including phenoxy) is 2. The summed E-state index contributed by atoms with van der Waals surface area (Å²) in [5.74, 6) is 0. The van der Waals surface area contributed by atoms with Gasteiger partial charge in [0, 0.05) is 6.21 Å². The third-order valence-corrected chi connectivity index (χ3v) is 3.08. The van der Waals surface area contributed by atoms with E-state index in [4.69, 9.17) is 14.9 Å². The van der Waals surface area contributed by atoms with Crippen molar-refractivity contribution in [2.24, 2.45) is 0 Å². The zero-order valence-corrected chi connectivity index (χ0v) is 7.86. The number of aliphatic hydroxyl groups is 2. The largest absolute Gasteiger partial charge is 0.387 e. The lowest BCUT2D eigenvalue weighted by Gasteiger charge is -2.36. The lowest BCUT2D eigenvalue weighted by atomic mass is 9.87. The highest BCUT2D eigenvalue weighted by molar-refractivity contribution is 5.71. The summed E-state index contributed by atoms with van der Waals surface area (Å²) in [6.45, 7) is 0.0978. The summed E-state index contributed by atoms with van der Waals surface area (Å²) in [5, 5.41) is 29.6. The van der Waals surface area contributed by atoms with Gasteiger partial charge in [-0.3, -0.25) is 5.32 Å². The van der Waals surface area contributed by atoms with E-state index in [0.717, 1.165) is 6.21 Å². The SMILES string of the molecule is CNC12OCC(O)C1(C=N)OCC2O. The molecule has 0 bridgehead atoms. The Balaban J connectivity index is 2.46. The van der Waals surface area contributed by atoms with Crippen molar-refractivity contribution < 1.29 is 19.7 Å². The second kappa shape index (κ2) is 2.98. The predicted molar refractivity (Wildman–Crippen MR) is 47.2 cm³/mol. The summed E-state index contributed by atoms with van der Waals surface area (Å²) >= 11 is 0. The molecule has 0 saturated carbocycles. The molecule has 2 heterocycles. The Morgan fingerprint density at radius 1 is 1.36 bits per heavy atom. The average molecular weight is 202 g/mol. The molecule has 80 valence electrons. The van der Waals surface area contributed by atoms with Crippen molar-refractivity contribution >= 4 is 6.21 Å². The van der Waals surface area contributed by atoms with Crippen molar-refractivity contribution in [2.75, 3.05) is 20.3 Å². The van der Waals surface area contributed by atoms with Gasteiger partial charge in [-0.1, -0.05) is 0 Å². The first-order valence-corrected chi connectivity index (χ1v) is 4.47. The molecular formula is C8H14N2O4. The van der Waals surface area contributed by atoms with Gasteiger partial charge in [0.1, 0.15) is 12.2 Å². The van der Waals surface area contributed by atoms with Crippen molar-refractivity contribution in [3.8, 4) is 0 Å². The van der Waals surface area contributed by atoms with Gasteiger partial charge in [0.2, 0.25) is 0 Å². The number of hydrogen-bond donors (Lipinski definition) is 4. The maximum absolute atomic E-state index is 9.74. The lowest BCUT2D eigenvalue weighted by Crippen LogP contribution is -2.65. The molecule has 14 heavy (non-hydrogen) atoms. The number of aliphatic hydroxyl groups excluding tert-OH is 2. The Kier molecular flexibility index (Phi) is 2.13. The van der Waals surface area contributed by atoms with Crippen LogP contribution in [-0.4, -0.2) is 60.2 Å². The van der Waals surface area contributed by atoms with Crippen LogP contribution in [0.25, 0.3) is 0 Å². The van der Waals surface area contributed by atoms with Gasteiger partial charge in [-0.25, -0.2) is 0 Å². The highest BCUT2D eigenvalue weighted by Gasteiger charge is 2.69. The number of nitrogens with one attached hydrogen (secondary N) is 2. The minimum absolute atomic E-state index is 0.0489. The van der Waals surface area contributed by atoms with Crippen LogP contribution in [-0.2, 0) is 9.47 Å². The second-order valence-corrected chi connectivity index (χ2v) is 3.58. The molecule has 0 aromatic heterocycles. The second-order valence-electron chi connectivity index (χ2n) is 3.58. The fourth-order valence-corrected chi connectivity index (χ4v) is 2.27. The highest BCUT2D eigenvalue weighted by Crippen LogP contribution is 2.43. The van der Waals surface area contributed by atoms with Gasteiger partial charge in [0.25, 0.3) is 0 Å². The zero-order valence-electron chi connectivity index (χ0n) is 7.86. The van der Waals surface area contributed by atoms with Gasteiger partial charge in [0.05, 0.1) is 13.2 Å². The molecule has 0 radical (unpaired) electrons. The van der Waals surface area contributed by atoms with Crippen LogP contribution >= 0.6 is 0 Å². The number of likely N-dealkylation sites (N-methyl/N-ethyl adjacent to an activating group) is 1. The van der Waals surface area contributed by atoms with Crippen LogP contribution in [0.4, 0.5) is 0 Å². The van der Waals surface area contributed by atoms with Gasteiger partial charge < -0.3 is 25.1 Å². The molecule has 2 fully saturated rings. The average Bonchev–Trinajstić information content (AvgIpc) is 2.64. The molecule has 2 aliphatic rings. The molecule has 6 nitrogen and oxygen atoms in total. The molecule has 4 N–H and O–H groups in total. The Morgan fingerprint density at radius 3 is 2.50 bits per heavy atom. The van der Waals surface area contributed by atoms with E-state index in [-0.39, 0.29) is 13.2 Å². The fraction of sp³-hybridized carbons (Fsp3) is 0.875. The summed E-state index contributed by atoms with van der Waals surface area (Å²) < 4.78 is 10.6. The molecule has 6 heteroatoms. The van der Waals surface area contributed by atoms with E-state index in [1.807, 2.05) is 0 Å². The summed E-state index contributed by atoms with van der Waals surface area (Å²) in [6, 6.07) is 0. The van der Waals surface area contributed by atoms with Crippen molar-refractivity contribution in [3.05, 3.63) is 0 Å². The van der Waals surface area contributed by atoms with Gasteiger partial charge in [-0.2, -0.15) is 0 Å². The first-order valence-electron chi connectivity index (χ1n) is 4.47. The van der Waals surface area contributed by atoms with Crippen LogP contribution in [0.15, 0.2) is 0 Å². The molecule has 2 aliphatic heterocycles. The summed E-state index contributed by atoms with van der Waals surface area (Å²) in [5.41, 5.74) is -2.45. The third kappa shape index (κ3) is 0.850. The van der Waals surface area contributed by atoms with Crippen LogP contribution in [0.2, 0.25) is 0 Å². The Hall–Kier alpha value is -0.530. The summed E-state index contributed by atoms with van der Waals surface area (Å²) in [6.07, 6.45) is -0.812. The Bertz CT molecular complexity index is 262. The van der Waals surface area contributed by atoms with Crippen molar-refractivity contribution in [2.45, 2.75) is 23.5 Å². The van der Waals surface area contributed by atoms with E-state index >= 15 is 0 Å². The number of rotatable bonds is 2. The maximum atomic E-state index is 9.74. The minimum atomic E-state index is -1.26. The lowest BCUT2D eigenvalue weighted by molar-refractivity contribution is -0.111. The van der Waals surface area contributed by atoms with Crippen LogP contribution in [0.5, 0.6) is 0 Å². The monoisotopic (exact) mass is 202 g/mol.